The molecule has 1 N–H and O–H groups in total. The van der Waals surface area contributed by atoms with E-state index in [4.69, 9.17) is 4.74 Å². The number of carbonyl (C=O) groups is 2. The van der Waals surface area contributed by atoms with Gasteiger partial charge in [-0.15, -0.1) is 0 Å². The number of morpholine rings is 1. The molecule has 1 saturated heterocycles. The van der Waals surface area contributed by atoms with Crippen molar-refractivity contribution in [2.75, 3.05) is 26.3 Å². The SMILES string of the molecule is CC(C)C[C@@H](NC(=O)C(c1ccc(F)cc1)C1CC1)C(=O)N1CCOCC1. The van der Waals surface area contributed by atoms with Gasteiger partial charge in [-0.2, -0.15) is 0 Å². The van der Waals surface area contributed by atoms with E-state index in [9.17, 15) is 14.0 Å². The first-order valence-electron chi connectivity index (χ1n) is 9.88. The number of benzene rings is 1. The lowest BCUT2D eigenvalue weighted by molar-refractivity contribution is -0.140. The van der Waals surface area contributed by atoms with E-state index in [2.05, 4.69) is 5.32 Å². The minimum absolute atomic E-state index is 0.0333. The third-order valence-electron chi connectivity index (χ3n) is 5.25. The van der Waals surface area contributed by atoms with Gasteiger partial charge < -0.3 is 15.0 Å². The molecule has 3 rings (SSSR count). The standard InChI is InChI=1S/C21H29FN2O3/c1-14(2)13-18(21(26)24-9-11-27-12-10-24)23-20(25)19(15-3-4-15)16-5-7-17(22)8-6-16/h5-8,14-15,18-19H,3-4,9-13H2,1-2H3,(H,23,25)/t18-,19?/m1/s1. The summed E-state index contributed by atoms with van der Waals surface area (Å²) in [5.74, 6) is -0.240. The van der Waals surface area contributed by atoms with Gasteiger partial charge in [-0.05, 0) is 48.8 Å². The maximum absolute atomic E-state index is 13.3. The predicted molar refractivity (Wildman–Crippen MR) is 101 cm³/mol. The Bertz CT molecular complexity index is 652. The molecular formula is C21H29FN2O3. The minimum atomic E-state index is -0.530. The molecule has 2 fully saturated rings. The number of ether oxygens (including phenoxy) is 1. The van der Waals surface area contributed by atoms with E-state index in [-0.39, 0.29) is 35.4 Å². The topological polar surface area (TPSA) is 58.6 Å². The molecule has 2 amide bonds. The maximum atomic E-state index is 13.3. The molecular weight excluding hydrogens is 347 g/mol. The van der Waals surface area contributed by atoms with Crippen molar-refractivity contribution in [2.24, 2.45) is 11.8 Å². The molecule has 0 bridgehead atoms. The summed E-state index contributed by atoms with van der Waals surface area (Å²) in [6.45, 7) is 6.29. The van der Waals surface area contributed by atoms with Gasteiger partial charge in [0.25, 0.3) is 0 Å². The quantitative estimate of drug-likeness (QED) is 0.796. The number of halogens is 1. The molecule has 0 radical (unpaired) electrons. The van der Waals surface area contributed by atoms with E-state index in [0.29, 0.717) is 32.7 Å². The summed E-state index contributed by atoms with van der Waals surface area (Å²) in [6.07, 6.45) is 2.58. The molecule has 1 aliphatic heterocycles. The number of nitrogens with zero attached hydrogens (tertiary/aromatic N) is 1. The van der Waals surface area contributed by atoms with Crippen LogP contribution in [0.4, 0.5) is 4.39 Å². The highest BCUT2D eigenvalue weighted by molar-refractivity contribution is 5.91. The number of amides is 2. The lowest BCUT2D eigenvalue weighted by Crippen LogP contribution is -2.53. The number of hydrogen-bond acceptors (Lipinski definition) is 3. The fourth-order valence-corrected chi connectivity index (χ4v) is 3.70. The van der Waals surface area contributed by atoms with Crippen LogP contribution in [0.15, 0.2) is 24.3 Å². The van der Waals surface area contributed by atoms with Gasteiger partial charge in [0.1, 0.15) is 11.9 Å². The van der Waals surface area contributed by atoms with Crippen LogP contribution in [0.25, 0.3) is 0 Å². The molecule has 0 spiro atoms. The van der Waals surface area contributed by atoms with E-state index < -0.39 is 6.04 Å². The highest BCUT2D eigenvalue weighted by Gasteiger charge is 2.39. The van der Waals surface area contributed by atoms with Crippen LogP contribution >= 0.6 is 0 Å². The monoisotopic (exact) mass is 376 g/mol. The molecule has 1 saturated carbocycles. The van der Waals surface area contributed by atoms with Crippen LogP contribution in [0, 0.1) is 17.7 Å². The molecule has 27 heavy (non-hydrogen) atoms. The molecule has 2 atom stereocenters. The fourth-order valence-electron chi connectivity index (χ4n) is 3.70. The summed E-state index contributed by atoms with van der Waals surface area (Å²) in [5.41, 5.74) is 0.818. The predicted octanol–water partition coefficient (Wildman–Crippen LogP) is 2.71. The van der Waals surface area contributed by atoms with Gasteiger partial charge in [-0.25, -0.2) is 4.39 Å². The molecule has 148 valence electrons. The third-order valence-corrected chi connectivity index (χ3v) is 5.25. The smallest absolute Gasteiger partial charge is 0.245 e. The van der Waals surface area contributed by atoms with Crippen LogP contribution in [-0.4, -0.2) is 49.1 Å². The zero-order valence-corrected chi connectivity index (χ0v) is 16.1. The van der Waals surface area contributed by atoms with E-state index in [1.807, 2.05) is 13.8 Å². The fraction of sp³-hybridized carbons (Fsp3) is 0.619. The molecule has 6 heteroatoms. The Balaban J connectivity index is 1.73. The zero-order chi connectivity index (χ0) is 19.4. The van der Waals surface area contributed by atoms with Crippen LogP contribution < -0.4 is 5.32 Å². The second-order valence-corrected chi connectivity index (χ2v) is 8.00. The second kappa shape index (κ2) is 8.83. The van der Waals surface area contributed by atoms with Crippen molar-refractivity contribution >= 4 is 11.8 Å². The van der Waals surface area contributed by atoms with Crippen molar-refractivity contribution in [1.82, 2.24) is 10.2 Å². The van der Waals surface area contributed by atoms with E-state index in [1.54, 1.807) is 17.0 Å². The number of carbonyl (C=O) groups excluding carboxylic acids is 2. The Morgan fingerprint density at radius 2 is 1.81 bits per heavy atom. The summed E-state index contributed by atoms with van der Waals surface area (Å²) in [5, 5.41) is 3.02. The van der Waals surface area contributed by atoms with Gasteiger partial charge >= 0.3 is 0 Å². The average Bonchev–Trinajstić information content (AvgIpc) is 3.48. The lowest BCUT2D eigenvalue weighted by atomic mass is 9.92. The largest absolute Gasteiger partial charge is 0.378 e. The first-order chi connectivity index (χ1) is 13.0. The Morgan fingerprint density at radius 1 is 1.19 bits per heavy atom. The highest BCUT2D eigenvalue weighted by Crippen LogP contribution is 2.42. The van der Waals surface area contributed by atoms with Gasteiger partial charge in [0.2, 0.25) is 11.8 Å². The molecule has 0 aromatic heterocycles. The molecule has 1 unspecified atom stereocenters. The summed E-state index contributed by atoms with van der Waals surface area (Å²) in [4.78, 5) is 27.8. The molecule has 1 aliphatic carbocycles. The van der Waals surface area contributed by atoms with Crippen molar-refractivity contribution in [2.45, 2.75) is 45.1 Å². The second-order valence-electron chi connectivity index (χ2n) is 8.00. The normalized spacial score (nSPS) is 19.6. The van der Waals surface area contributed by atoms with Gasteiger partial charge in [-0.3, -0.25) is 9.59 Å². The van der Waals surface area contributed by atoms with Crippen LogP contribution in [0.1, 0.15) is 44.6 Å². The molecule has 2 aliphatic rings. The molecule has 5 nitrogen and oxygen atoms in total. The lowest BCUT2D eigenvalue weighted by Gasteiger charge is -2.32. The number of rotatable bonds is 7. The third kappa shape index (κ3) is 5.28. The zero-order valence-electron chi connectivity index (χ0n) is 16.1. The highest BCUT2D eigenvalue weighted by atomic mass is 19.1. The molecule has 1 heterocycles. The Labute approximate surface area is 160 Å². The summed E-state index contributed by atoms with van der Waals surface area (Å²) < 4.78 is 18.6. The number of nitrogens with one attached hydrogen (secondary N) is 1. The van der Waals surface area contributed by atoms with Crippen LogP contribution in [-0.2, 0) is 14.3 Å². The summed E-state index contributed by atoms with van der Waals surface area (Å²) in [6, 6.07) is 5.61. The molecule has 1 aromatic rings. The van der Waals surface area contributed by atoms with Crippen molar-refractivity contribution in [3.63, 3.8) is 0 Å². The Kier molecular flexibility index (Phi) is 6.47. The van der Waals surface area contributed by atoms with E-state index in [1.165, 1.54) is 12.1 Å². The van der Waals surface area contributed by atoms with Crippen LogP contribution in [0.3, 0.4) is 0 Å². The van der Waals surface area contributed by atoms with Crippen molar-refractivity contribution in [3.8, 4) is 0 Å². The summed E-state index contributed by atoms with van der Waals surface area (Å²) >= 11 is 0. The first kappa shape index (κ1) is 19.8. The van der Waals surface area contributed by atoms with Gasteiger partial charge in [0.15, 0.2) is 0 Å². The van der Waals surface area contributed by atoms with E-state index >= 15 is 0 Å². The van der Waals surface area contributed by atoms with Crippen LogP contribution in [0.2, 0.25) is 0 Å². The van der Waals surface area contributed by atoms with Crippen molar-refractivity contribution in [3.05, 3.63) is 35.6 Å². The Hall–Kier alpha value is -1.95. The summed E-state index contributed by atoms with van der Waals surface area (Å²) in [7, 11) is 0. The minimum Gasteiger partial charge on any atom is -0.378 e. The van der Waals surface area contributed by atoms with Crippen molar-refractivity contribution < 1.29 is 18.7 Å². The van der Waals surface area contributed by atoms with Crippen LogP contribution in [0.5, 0.6) is 0 Å². The first-order valence-corrected chi connectivity index (χ1v) is 9.88. The number of hydrogen-bond donors (Lipinski definition) is 1. The van der Waals surface area contributed by atoms with Crippen molar-refractivity contribution in [1.29, 1.82) is 0 Å². The molecule has 1 aromatic carbocycles. The van der Waals surface area contributed by atoms with E-state index in [0.717, 1.165) is 18.4 Å². The van der Waals surface area contributed by atoms with Gasteiger partial charge in [0, 0.05) is 13.1 Å². The van der Waals surface area contributed by atoms with Gasteiger partial charge in [0.05, 0.1) is 19.1 Å². The Morgan fingerprint density at radius 3 is 2.37 bits per heavy atom. The average molecular weight is 376 g/mol. The maximum Gasteiger partial charge on any atom is 0.245 e. The van der Waals surface area contributed by atoms with Gasteiger partial charge in [-0.1, -0.05) is 26.0 Å².